The van der Waals surface area contributed by atoms with Crippen molar-refractivity contribution >= 4 is 11.6 Å². The van der Waals surface area contributed by atoms with Crippen LogP contribution < -0.4 is 0 Å². The van der Waals surface area contributed by atoms with Crippen molar-refractivity contribution in [3.8, 4) is 5.75 Å². The van der Waals surface area contributed by atoms with E-state index in [1.807, 2.05) is 0 Å². The van der Waals surface area contributed by atoms with E-state index in [-0.39, 0.29) is 12.3 Å². The molecule has 0 saturated heterocycles. The number of phenols is 1. The summed E-state index contributed by atoms with van der Waals surface area (Å²) in [5, 5.41) is 21.2. The minimum Gasteiger partial charge on any atom is -0.508 e. The van der Waals surface area contributed by atoms with E-state index in [0.717, 1.165) is 0 Å². The summed E-state index contributed by atoms with van der Waals surface area (Å²) in [6.45, 7) is -0.294. The zero-order valence-corrected chi connectivity index (χ0v) is 10.7. The second-order valence-corrected chi connectivity index (χ2v) is 4.62. The van der Waals surface area contributed by atoms with Gasteiger partial charge in [-0.3, -0.25) is 10.1 Å². The highest BCUT2D eigenvalue weighted by Gasteiger charge is 2.22. The normalized spacial score (nSPS) is 12.1. The summed E-state index contributed by atoms with van der Waals surface area (Å²) < 4.78 is 0. The molecule has 2 aromatic carbocycles. The number of nitrogens with zero attached hydrogens (tertiary/aromatic N) is 1. The summed E-state index contributed by atoms with van der Waals surface area (Å²) in [4.78, 5) is 10.5. The van der Waals surface area contributed by atoms with Gasteiger partial charge in [-0.2, -0.15) is 0 Å². The lowest BCUT2D eigenvalue weighted by Gasteiger charge is -2.15. The Bertz CT molecular complexity index is 601. The van der Waals surface area contributed by atoms with Crippen LogP contribution in [0.3, 0.4) is 0 Å². The molecule has 0 saturated carbocycles. The van der Waals surface area contributed by atoms with Crippen LogP contribution in [0.25, 0.3) is 0 Å². The number of aromatic hydroxyl groups is 1. The monoisotopic (exact) mass is 277 g/mol. The Kier molecular flexibility index (Phi) is 4.02. The molecule has 0 aliphatic carbocycles. The van der Waals surface area contributed by atoms with Gasteiger partial charge in [0.25, 0.3) is 0 Å². The van der Waals surface area contributed by atoms with Gasteiger partial charge in [-0.05, 0) is 23.8 Å². The van der Waals surface area contributed by atoms with Crippen molar-refractivity contribution in [3.05, 3.63) is 74.8 Å². The van der Waals surface area contributed by atoms with Crippen LogP contribution in [-0.2, 0) is 0 Å². The van der Waals surface area contributed by atoms with Gasteiger partial charge in [0.1, 0.15) is 5.75 Å². The third kappa shape index (κ3) is 3.23. The predicted molar refractivity (Wildman–Crippen MR) is 73.3 cm³/mol. The first-order valence-corrected chi connectivity index (χ1v) is 6.11. The third-order valence-electron chi connectivity index (χ3n) is 2.89. The highest BCUT2D eigenvalue weighted by molar-refractivity contribution is 6.30. The van der Waals surface area contributed by atoms with Gasteiger partial charge in [0.15, 0.2) is 0 Å². The lowest BCUT2D eigenvalue weighted by Crippen LogP contribution is -2.14. The lowest BCUT2D eigenvalue weighted by molar-refractivity contribution is -0.481. The number of halogens is 1. The van der Waals surface area contributed by atoms with Gasteiger partial charge in [0.2, 0.25) is 6.54 Å². The Balaban J connectivity index is 2.47. The summed E-state index contributed by atoms with van der Waals surface area (Å²) in [6, 6.07) is 13.5. The van der Waals surface area contributed by atoms with Gasteiger partial charge >= 0.3 is 0 Å². The molecule has 0 aliphatic rings. The van der Waals surface area contributed by atoms with Gasteiger partial charge in [-0.15, -0.1) is 0 Å². The van der Waals surface area contributed by atoms with Crippen LogP contribution in [0.5, 0.6) is 5.75 Å². The maximum Gasteiger partial charge on any atom is 0.214 e. The van der Waals surface area contributed by atoms with Crippen molar-refractivity contribution in [1.29, 1.82) is 0 Å². The Morgan fingerprint density at radius 3 is 2.58 bits per heavy atom. The number of phenolic OH excluding ortho intramolecular Hbond substituents is 1. The molecule has 0 aromatic heterocycles. The average Bonchev–Trinajstić information content (AvgIpc) is 2.37. The van der Waals surface area contributed by atoms with Crippen LogP contribution >= 0.6 is 11.6 Å². The van der Waals surface area contributed by atoms with Crippen molar-refractivity contribution in [2.75, 3.05) is 6.54 Å². The van der Waals surface area contributed by atoms with Crippen molar-refractivity contribution in [2.24, 2.45) is 0 Å². The van der Waals surface area contributed by atoms with E-state index in [9.17, 15) is 15.2 Å². The summed E-state index contributed by atoms with van der Waals surface area (Å²) in [5.41, 5.74) is 1.24. The lowest BCUT2D eigenvalue weighted by atomic mass is 9.91. The van der Waals surface area contributed by atoms with E-state index in [1.165, 1.54) is 6.07 Å². The zero-order valence-electron chi connectivity index (χ0n) is 9.99. The maximum atomic E-state index is 10.8. The van der Waals surface area contributed by atoms with Crippen molar-refractivity contribution in [1.82, 2.24) is 0 Å². The number of benzene rings is 2. The van der Waals surface area contributed by atoms with E-state index < -0.39 is 10.8 Å². The standard InChI is InChI=1S/C14H12ClNO3/c15-11-5-3-4-10(8-11)13(9-16(18)19)12-6-1-2-7-14(12)17/h1-8,13,17H,9H2/t13-/m0/s1. The Hall–Kier alpha value is -2.07. The van der Waals surface area contributed by atoms with E-state index in [2.05, 4.69) is 0 Å². The van der Waals surface area contributed by atoms with Gasteiger partial charge in [0.05, 0.1) is 5.92 Å². The largest absolute Gasteiger partial charge is 0.508 e. The van der Waals surface area contributed by atoms with Gasteiger partial charge < -0.3 is 5.11 Å². The van der Waals surface area contributed by atoms with Crippen LogP contribution in [0.4, 0.5) is 0 Å². The zero-order chi connectivity index (χ0) is 13.8. The molecule has 0 fully saturated rings. The Labute approximate surface area is 115 Å². The molecule has 5 heteroatoms. The minimum atomic E-state index is -0.519. The SMILES string of the molecule is O=[N+]([O-])C[C@@H](c1cccc(Cl)c1)c1ccccc1O. The predicted octanol–water partition coefficient (Wildman–Crippen LogP) is 3.45. The fourth-order valence-corrected chi connectivity index (χ4v) is 2.24. The molecule has 98 valence electrons. The fourth-order valence-electron chi connectivity index (χ4n) is 2.04. The molecule has 0 amide bonds. The Morgan fingerprint density at radius 1 is 1.21 bits per heavy atom. The van der Waals surface area contributed by atoms with Gasteiger partial charge in [-0.1, -0.05) is 41.9 Å². The summed E-state index contributed by atoms with van der Waals surface area (Å²) >= 11 is 5.92. The molecule has 0 radical (unpaired) electrons. The number of hydrogen-bond acceptors (Lipinski definition) is 3. The first kappa shape index (κ1) is 13.4. The molecule has 0 heterocycles. The molecule has 0 aliphatic heterocycles. The van der Waals surface area contributed by atoms with Crippen LogP contribution in [0.1, 0.15) is 17.0 Å². The van der Waals surface area contributed by atoms with Crippen LogP contribution in [0, 0.1) is 10.1 Å². The third-order valence-corrected chi connectivity index (χ3v) is 3.13. The second kappa shape index (κ2) is 5.71. The quantitative estimate of drug-likeness (QED) is 0.688. The molecule has 2 rings (SSSR count). The van der Waals surface area contributed by atoms with Crippen molar-refractivity contribution in [3.63, 3.8) is 0 Å². The molecule has 0 unspecified atom stereocenters. The van der Waals surface area contributed by atoms with Crippen LogP contribution in [-0.4, -0.2) is 16.6 Å². The first-order valence-electron chi connectivity index (χ1n) is 5.73. The van der Waals surface area contributed by atoms with E-state index in [0.29, 0.717) is 16.1 Å². The Morgan fingerprint density at radius 2 is 1.95 bits per heavy atom. The molecular weight excluding hydrogens is 266 g/mol. The molecule has 4 nitrogen and oxygen atoms in total. The molecule has 2 aromatic rings. The summed E-state index contributed by atoms with van der Waals surface area (Å²) in [5.74, 6) is -0.468. The summed E-state index contributed by atoms with van der Waals surface area (Å²) in [7, 11) is 0. The molecule has 1 N–H and O–H groups in total. The van der Waals surface area contributed by atoms with Crippen molar-refractivity contribution in [2.45, 2.75) is 5.92 Å². The van der Waals surface area contributed by atoms with E-state index in [1.54, 1.807) is 42.5 Å². The smallest absolute Gasteiger partial charge is 0.214 e. The maximum absolute atomic E-state index is 10.8. The first-order chi connectivity index (χ1) is 9.08. The highest BCUT2D eigenvalue weighted by Crippen LogP contribution is 2.32. The highest BCUT2D eigenvalue weighted by atomic mass is 35.5. The van der Waals surface area contributed by atoms with Crippen molar-refractivity contribution < 1.29 is 10.0 Å². The number of para-hydroxylation sites is 1. The molecule has 0 bridgehead atoms. The molecule has 1 atom stereocenters. The minimum absolute atomic E-state index is 0.0503. The van der Waals surface area contributed by atoms with Gasteiger partial charge in [0, 0.05) is 15.5 Å². The number of nitro groups is 1. The topological polar surface area (TPSA) is 63.4 Å². The van der Waals surface area contributed by atoms with E-state index >= 15 is 0 Å². The van der Waals surface area contributed by atoms with Crippen LogP contribution in [0.2, 0.25) is 5.02 Å². The fraction of sp³-hybridized carbons (Fsp3) is 0.143. The number of hydrogen-bond donors (Lipinski definition) is 1. The summed E-state index contributed by atoms with van der Waals surface area (Å²) in [6.07, 6.45) is 0. The average molecular weight is 278 g/mol. The van der Waals surface area contributed by atoms with E-state index in [4.69, 9.17) is 11.6 Å². The van der Waals surface area contributed by atoms with Gasteiger partial charge in [-0.25, -0.2) is 0 Å². The molecular formula is C14H12ClNO3. The molecule has 19 heavy (non-hydrogen) atoms. The van der Waals surface area contributed by atoms with Crippen LogP contribution in [0.15, 0.2) is 48.5 Å². The molecule has 0 spiro atoms. The number of rotatable bonds is 4. The second-order valence-electron chi connectivity index (χ2n) is 4.18.